The van der Waals surface area contributed by atoms with E-state index in [0.29, 0.717) is 23.8 Å². The summed E-state index contributed by atoms with van der Waals surface area (Å²) >= 11 is 0. The first-order valence-electron chi connectivity index (χ1n) is 10.2. The van der Waals surface area contributed by atoms with Crippen molar-refractivity contribution in [2.45, 2.75) is 39.8 Å². The molecule has 31 heavy (non-hydrogen) atoms. The number of hydrogen-bond acceptors (Lipinski definition) is 5. The monoisotopic (exact) mass is 416 g/mol. The topological polar surface area (TPSA) is 94.7 Å². The first kappa shape index (κ1) is 20.5. The fraction of sp³-hybridized carbons (Fsp3) is 0.261. The van der Waals surface area contributed by atoms with Gasteiger partial charge in [0.1, 0.15) is 12.9 Å². The summed E-state index contributed by atoms with van der Waals surface area (Å²) in [5.74, 6) is 0.105. The second kappa shape index (κ2) is 8.51. The predicted molar refractivity (Wildman–Crippen MR) is 119 cm³/mol. The first-order valence-corrected chi connectivity index (χ1v) is 10.2. The maximum atomic E-state index is 12.8. The Balaban J connectivity index is 1.51. The van der Waals surface area contributed by atoms with Gasteiger partial charge in [-0.3, -0.25) is 14.2 Å². The molecule has 2 heterocycles. The molecule has 2 aromatic carbocycles. The number of nitrogens with one attached hydrogen (secondary N) is 1. The smallest absolute Gasteiger partial charge is 0.283 e. The molecule has 4 aromatic rings. The van der Waals surface area contributed by atoms with Crippen LogP contribution < -0.4 is 10.9 Å². The Kier molecular flexibility index (Phi) is 5.62. The number of anilines is 1. The van der Waals surface area contributed by atoms with Gasteiger partial charge in [0.2, 0.25) is 5.91 Å². The number of amides is 1. The molecule has 0 saturated heterocycles. The van der Waals surface area contributed by atoms with Gasteiger partial charge in [0.05, 0.1) is 6.54 Å². The normalized spacial score (nSPS) is 11.2. The minimum atomic E-state index is -0.397. The highest BCUT2D eigenvalue weighted by Gasteiger charge is 2.14. The quantitative estimate of drug-likeness (QED) is 0.521. The van der Waals surface area contributed by atoms with E-state index in [1.165, 1.54) is 16.5 Å². The van der Waals surface area contributed by atoms with E-state index in [1.54, 1.807) is 4.68 Å². The summed E-state index contributed by atoms with van der Waals surface area (Å²) in [6.07, 6.45) is 1.36. The van der Waals surface area contributed by atoms with Gasteiger partial charge in [-0.05, 0) is 41.7 Å². The molecule has 0 aliphatic heterocycles. The van der Waals surface area contributed by atoms with E-state index in [-0.39, 0.29) is 18.0 Å². The third-order valence-corrected chi connectivity index (χ3v) is 5.25. The molecule has 1 N–H and O–H groups in total. The molecule has 0 unspecified atom stereocenters. The summed E-state index contributed by atoms with van der Waals surface area (Å²) in [4.78, 5) is 29.6. The Bertz CT molecular complexity index is 1290. The number of fused-ring (bicyclic) bond motifs is 1. The maximum Gasteiger partial charge on any atom is 0.283 e. The van der Waals surface area contributed by atoms with Gasteiger partial charge in [0, 0.05) is 5.69 Å². The van der Waals surface area contributed by atoms with Gasteiger partial charge in [0.15, 0.2) is 11.2 Å². The number of hydrogen-bond donors (Lipinski definition) is 1. The molecule has 0 saturated carbocycles. The van der Waals surface area contributed by atoms with E-state index in [9.17, 15) is 9.59 Å². The summed E-state index contributed by atoms with van der Waals surface area (Å²) < 4.78 is 2.84. The average Bonchev–Trinajstić information content (AvgIpc) is 3.15. The standard InChI is InChI=1S/C23H24N6O2/c1-15(2)17-8-10-19(11-9-17)25-20(30)13-28-14-24-22-21(23(28)31)26-27-29(22)12-18-7-5-4-6-16(18)3/h4-11,14-15H,12-13H2,1-3H3,(H,25,30). The van der Waals surface area contributed by atoms with Crippen molar-refractivity contribution in [1.29, 1.82) is 0 Å². The number of carbonyl (C=O) groups excluding carboxylic acids is 1. The van der Waals surface area contributed by atoms with Crippen molar-refractivity contribution in [2.75, 3.05) is 5.32 Å². The third-order valence-electron chi connectivity index (χ3n) is 5.25. The molecule has 0 fully saturated rings. The molecule has 0 aliphatic rings. The number of aryl methyl sites for hydroxylation is 1. The fourth-order valence-electron chi connectivity index (χ4n) is 3.36. The van der Waals surface area contributed by atoms with Crippen molar-refractivity contribution in [2.24, 2.45) is 0 Å². The van der Waals surface area contributed by atoms with Crippen molar-refractivity contribution in [3.63, 3.8) is 0 Å². The van der Waals surface area contributed by atoms with Crippen LogP contribution in [0.25, 0.3) is 11.2 Å². The molecule has 0 spiro atoms. The lowest BCUT2D eigenvalue weighted by molar-refractivity contribution is -0.116. The molecule has 2 aromatic heterocycles. The Morgan fingerprint density at radius 3 is 2.55 bits per heavy atom. The SMILES string of the molecule is Cc1ccccc1Cn1nnc2c(=O)n(CC(=O)Nc3ccc(C(C)C)cc3)cnc21. The fourth-order valence-corrected chi connectivity index (χ4v) is 3.36. The van der Waals surface area contributed by atoms with Gasteiger partial charge in [-0.15, -0.1) is 5.10 Å². The Labute approximate surface area is 179 Å². The summed E-state index contributed by atoms with van der Waals surface area (Å²) in [5.41, 5.74) is 4.21. The van der Waals surface area contributed by atoms with Gasteiger partial charge in [-0.25, -0.2) is 9.67 Å². The molecule has 4 rings (SSSR count). The van der Waals surface area contributed by atoms with Crippen LogP contribution in [-0.4, -0.2) is 30.5 Å². The largest absolute Gasteiger partial charge is 0.325 e. The molecule has 0 bridgehead atoms. The number of benzene rings is 2. The second-order valence-corrected chi connectivity index (χ2v) is 7.85. The van der Waals surface area contributed by atoms with Gasteiger partial charge in [-0.1, -0.05) is 55.5 Å². The second-order valence-electron chi connectivity index (χ2n) is 7.85. The zero-order valence-corrected chi connectivity index (χ0v) is 17.7. The molecule has 8 nitrogen and oxygen atoms in total. The van der Waals surface area contributed by atoms with Crippen LogP contribution in [0.3, 0.4) is 0 Å². The van der Waals surface area contributed by atoms with Gasteiger partial charge < -0.3 is 5.32 Å². The lowest BCUT2D eigenvalue weighted by Crippen LogP contribution is -2.28. The minimum absolute atomic E-state index is 0.144. The van der Waals surface area contributed by atoms with Crippen molar-refractivity contribution in [3.05, 3.63) is 81.9 Å². The number of aromatic nitrogens is 5. The lowest BCUT2D eigenvalue weighted by atomic mass is 10.0. The number of nitrogens with zero attached hydrogens (tertiary/aromatic N) is 5. The maximum absolute atomic E-state index is 12.8. The summed E-state index contributed by atoms with van der Waals surface area (Å²) in [5, 5.41) is 10.9. The molecule has 0 radical (unpaired) electrons. The van der Waals surface area contributed by atoms with Crippen LogP contribution in [0.4, 0.5) is 5.69 Å². The van der Waals surface area contributed by atoms with Crippen LogP contribution >= 0.6 is 0 Å². The average molecular weight is 416 g/mol. The highest BCUT2D eigenvalue weighted by atomic mass is 16.2. The number of rotatable bonds is 6. The summed E-state index contributed by atoms with van der Waals surface area (Å²) in [6, 6.07) is 15.6. The number of carbonyl (C=O) groups is 1. The van der Waals surface area contributed by atoms with Crippen LogP contribution in [-0.2, 0) is 17.9 Å². The van der Waals surface area contributed by atoms with E-state index in [0.717, 1.165) is 11.1 Å². The van der Waals surface area contributed by atoms with E-state index in [2.05, 4.69) is 34.5 Å². The van der Waals surface area contributed by atoms with Gasteiger partial charge >= 0.3 is 0 Å². The predicted octanol–water partition coefficient (Wildman–Crippen LogP) is 3.11. The molecular weight excluding hydrogens is 392 g/mol. The highest BCUT2D eigenvalue weighted by Crippen LogP contribution is 2.17. The zero-order valence-electron chi connectivity index (χ0n) is 17.7. The Hall–Kier alpha value is -3.81. The molecular formula is C23H24N6O2. The summed E-state index contributed by atoms with van der Waals surface area (Å²) in [6.45, 7) is 6.55. The van der Waals surface area contributed by atoms with E-state index in [4.69, 9.17) is 0 Å². The van der Waals surface area contributed by atoms with E-state index >= 15 is 0 Å². The van der Waals surface area contributed by atoms with Crippen molar-refractivity contribution >= 4 is 22.8 Å². The van der Waals surface area contributed by atoms with Crippen LogP contribution in [0.1, 0.15) is 36.5 Å². The Morgan fingerprint density at radius 1 is 1.10 bits per heavy atom. The van der Waals surface area contributed by atoms with Crippen LogP contribution in [0.5, 0.6) is 0 Å². The first-order chi connectivity index (χ1) is 14.9. The molecule has 0 atom stereocenters. The van der Waals surface area contributed by atoms with Gasteiger partial charge in [-0.2, -0.15) is 0 Å². The highest BCUT2D eigenvalue weighted by molar-refractivity contribution is 5.90. The third kappa shape index (κ3) is 4.37. The molecule has 0 aliphatic carbocycles. The lowest BCUT2D eigenvalue weighted by Gasteiger charge is -2.09. The van der Waals surface area contributed by atoms with E-state index < -0.39 is 5.56 Å². The van der Waals surface area contributed by atoms with Crippen LogP contribution in [0.15, 0.2) is 59.7 Å². The minimum Gasteiger partial charge on any atom is -0.325 e. The molecule has 8 heteroatoms. The van der Waals surface area contributed by atoms with Crippen LogP contribution in [0.2, 0.25) is 0 Å². The molecule has 1 amide bonds. The van der Waals surface area contributed by atoms with Crippen molar-refractivity contribution < 1.29 is 4.79 Å². The van der Waals surface area contributed by atoms with Crippen molar-refractivity contribution in [1.82, 2.24) is 24.5 Å². The van der Waals surface area contributed by atoms with Crippen LogP contribution in [0, 0.1) is 6.92 Å². The van der Waals surface area contributed by atoms with E-state index in [1.807, 2.05) is 55.5 Å². The summed E-state index contributed by atoms with van der Waals surface area (Å²) in [7, 11) is 0. The zero-order chi connectivity index (χ0) is 22.0. The van der Waals surface area contributed by atoms with Gasteiger partial charge in [0.25, 0.3) is 5.56 Å². The molecule has 158 valence electrons. The van der Waals surface area contributed by atoms with Crippen molar-refractivity contribution in [3.8, 4) is 0 Å². The Morgan fingerprint density at radius 2 is 1.84 bits per heavy atom.